The van der Waals surface area contributed by atoms with Crippen LogP contribution in [0.1, 0.15) is 18.2 Å². The summed E-state index contributed by atoms with van der Waals surface area (Å²) in [5.41, 5.74) is 7.85. The van der Waals surface area contributed by atoms with Gasteiger partial charge >= 0.3 is 0 Å². The Hall–Kier alpha value is -1.39. The number of pyridine rings is 1. The topological polar surface area (TPSA) is 48.1 Å². The Morgan fingerprint density at radius 1 is 1.32 bits per heavy atom. The van der Waals surface area contributed by atoms with Gasteiger partial charge in [-0.2, -0.15) is 0 Å². The summed E-state index contributed by atoms with van der Waals surface area (Å²) in [5, 5.41) is 0. The fourth-order valence-electron chi connectivity index (χ4n) is 1.74. The number of aromatic nitrogens is 1. The molecule has 3 nitrogen and oxygen atoms in total. The molecule has 19 heavy (non-hydrogen) atoms. The summed E-state index contributed by atoms with van der Waals surface area (Å²) in [5.74, 6) is 0.772. The lowest BCUT2D eigenvalue weighted by molar-refractivity contribution is 0.304. The lowest BCUT2D eigenvalue weighted by Crippen LogP contribution is -2.18. The van der Waals surface area contributed by atoms with E-state index in [0.717, 1.165) is 27.9 Å². The molecule has 0 saturated heterocycles. The fourth-order valence-corrected chi connectivity index (χ4v) is 2.19. The minimum Gasteiger partial charge on any atom is -0.487 e. The Bertz CT molecular complexity index is 526. The van der Waals surface area contributed by atoms with Gasteiger partial charge in [0, 0.05) is 22.6 Å². The highest BCUT2D eigenvalue weighted by atomic mass is 79.9. The van der Waals surface area contributed by atoms with E-state index in [-0.39, 0.29) is 6.04 Å². The van der Waals surface area contributed by atoms with Crippen LogP contribution in [0.3, 0.4) is 0 Å². The first-order valence-electron chi connectivity index (χ1n) is 6.21. The van der Waals surface area contributed by atoms with E-state index in [4.69, 9.17) is 10.5 Å². The van der Waals surface area contributed by atoms with Crippen LogP contribution in [0.4, 0.5) is 0 Å². The van der Waals surface area contributed by atoms with Gasteiger partial charge in [0.15, 0.2) is 0 Å². The Morgan fingerprint density at radius 2 is 2.16 bits per heavy atom. The van der Waals surface area contributed by atoms with Crippen molar-refractivity contribution in [3.8, 4) is 5.75 Å². The quantitative estimate of drug-likeness (QED) is 0.919. The summed E-state index contributed by atoms with van der Waals surface area (Å²) in [4.78, 5) is 4.33. The average molecular weight is 321 g/mol. The molecule has 1 aromatic carbocycles. The molecule has 0 radical (unpaired) electrons. The molecule has 0 aliphatic carbocycles. The van der Waals surface area contributed by atoms with Crippen LogP contribution in [0.25, 0.3) is 0 Å². The highest BCUT2D eigenvalue weighted by Gasteiger charge is 2.01. The van der Waals surface area contributed by atoms with Crippen molar-refractivity contribution in [2.45, 2.75) is 26.0 Å². The first-order chi connectivity index (χ1) is 9.13. The molecule has 0 aliphatic heterocycles. The zero-order chi connectivity index (χ0) is 13.7. The normalized spacial score (nSPS) is 12.2. The number of nitrogens with two attached hydrogens (primary N) is 1. The Balaban J connectivity index is 1.93. The van der Waals surface area contributed by atoms with Crippen molar-refractivity contribution in [1.29, 1.82) is 0 Å². The van der Waals surface area contributed by atoms with Gasteiger partial charge < -0.3 is 10.5 Å². The van der Waals surface area contributed by atoms with E-state index in [1.165, 1.54) is 0 Å². The van der Waals surface area contributed by atoms with Crippen LogP contribution in [0.2, 0.25) is 0 Å². The summed E-state index contributed by atoms with van der Waals surface area (Å²) < 4.78 is 6.75. The Kier molecular flexibility index (Phi) is 4.93. The molecule has 0 aliphatic rings. The van der Waals surface area contributed by atoms with Gasteiger partial charge in [-0.3, -0.25) is 4.98 Å². The van der Waals surface area contributed by atoms with E-state index in [2.05, 4.69) is 20.9 Å². The van der Waals surface area contributed by atoms with Crippen LogP contribution in [0.15, 0.2) is 47.1 Å². The molecule has 0 fully saturated rings. The second-order valence-electron chi connectivity index (χ2n) is 4.59. The zero-order valence-electron chi connectivity index (χ0n) is 10.8. The van der Waals surface area contributed by atoms with Gasteiger partial charge in [0.1, 0.15) is 12.4 Å². The highest BCUT2D eigenvalue weighted by molar-refractivity contribution is 9.10. The van der Waals surface area contributed by atoms with Crippen LogP contribution in [-0.4, -0.2) is 11.0 Å². The first-order valence-corrected chi connectivity index (χ1v) is 7.00. The lowest BCUT2D eigenvalue weighted by atomic mass is 10.2. The number of hydrogen-bond acceptors (Lipinski definition) is 3. The van der Waals surface area contributed by atoms with Gasteiger partial charge in [-0.05, 0) is 36.8 Å². The second kappa shape index (κ2) is 6.68. The maximum atomic E-state index is 5.74. The third-order valence-corrected chi connectivity index (χ3v) is 3.12. The number of rotatable bonds is 5. The molecule has 2 aromatic rings. The molecule has 2 N–H and O–H groups in total. The Morgan fingerprint density at radius 3 is 2.79 bits per heavy atom. The standard InChI is InChI=1S/C15H17BrN2O/c1-11(17)7-14-5-6-15(9-18-14)19-10-12-3-2-4-13(16)8-12/h2-6,8-9,11H,7,10,17H2,1H3. The number of benzene rings is 1. The molecule has 1 aromatic heterocycles. The minimum absolute atomic E-state index is 0.126. The molecular formula is C15H17BrN2O. The van der Waals surface area contributed by atoms with Gasteiger partial charge in [0.05, 0.1) is 6.20 Å². The maximum absolute atomic E-state index is 5.74. The molecule has 1 unspecified atom stereocenters. The van der Waals surface area contributed by atoms with Gasteiger partial charge in [0.2, 0.25) is 0 Å². The SMILES string of the molecule is CC(N)Cc1ccc(OCc2cccc(Br)c2)cn1. The summed E-state index contributed by atoms with van der Waals surface area (Å²) in [7, 11) is 0. The number of ether oxygens (including phenoxy) is 1. The van der Waals surface area contributed by atoms with E-state index in [0.29, 0.717) is 6.61 Å². The summed E-state index contributed by atoms with van der Waals surface area (Å²) >= 11 is 3.44. The average Bonchev–Trinajstić information content (AvgIpc) is 2.37. The smallest absolute Gasteiger partial charge is 0.138 e. The molecular weight excluding hydrogens is 304 g/mol. The number of nitrogens with zero attached hydrogens (tertiary/aromatic N) is 1. The number of halogens is 1. The second-order valence-corrected chi connectivity index (χ2v) is 5.50. The van der Waals surface area contributed by atoms with Gasteiger partial charge in [-0.15, -0.1) is 0 Å². The van der Waals surface area contributed by atoms with Crippen molar-refractivity contribution < 1.29 is 4.74 Å². The summed E-state index contributed by atoms with van der Waals surface area (Å²) in [6.07, 6.45) is 2.53. The predicted molar refractivity (Wildman–Crippen MR) is 80.1 cm³/mol. The molecule has 4 heteroatoms. The van der Waals surface area contributed by atoms with Crippen molar-refractivity contribution in [2.75, 3.05) is 0 Å². The van der Waals surface area contributed by atoms with Gasteiger partial charge in [0.25, 0.3) is 0 Å². The van der Waals surface area contributed by atoms with E-state index in [1.807, 2.05) is 43.3 Å². The molecule has 1 heterocycles. The van der Waals surface area contributed by atoms with Crippen molar-refractivity contribution >= 4 is 15.9 Å². The maximum Gasteiger partial charge on any atom is 0.138 e. The fraction of sp³-hybridized carbons (Fsp3) is 0.267. The van der Waals surface area contributed by atoms with Crippen molar-refractivity contribution in [3.05, 3.63) is 58.3 Å². The molecule has 1 atom stereocenters. The van der Waals surface area contributed by atoms with E-state index >= 15 is 0 Å². The molecule has 0 amide bonds. The van der Waals surface area contributed by atoms with Crippen molar-refractivity contribution in [2.24, 2.45) is 5.73 Å². The number of hydrogen-bond donors (Lipinski definition) is 1. The van der Waals surface area contributed by atoms with E-state index < -0.39 is 0 Å². The predicted octanol–water partition coefficient (Wildman–Crippen LogP) is 3.31. The Labute approximate surface area is 121 Å². The third kappa shape index (κ3) is 4.65. The van der Waals surface area contributed by atoms with Crippen LogP contribution in [0, 0.1) is 0 Å². The molecule has 0 saturated carbocycles. The van der Waals surface area contributed by atoms with Crippen LogP contribution in [-0.2, 0) is 13.0 Å². The van der Waals surface area contributed by atoms with Crippen molar-refractivity contribution in [3.63, 3.8) is 0 Å². The zero-order valence-corrected chi connectivity index (χ0v) is 12.4. The van der Waals surface area contributed by atoms with Gasteiger partial charge in [-0.25, -0.2) is 0 Å². The van der Waals surface area contributed by atoms with Crippen LogP contribution in [0.5, 0.6) is 5.75 Å². The summed E-state index contributed by atoms with van der Waals surface area (Å²) in [6, 6.07) is 12.1. The van der Waals surface area contributed by atoms with Crippen LogP contribution < -0.4 is 10.5 Å². The molecule has 0 bridgehead atoms. The molecule has 0 spiro atoms. The summed E-state index contributed by atoms with van der Waals surface area (Å²) in [6.45, 7) is 2.51. The first kappa shape index (κ1) is 14.0. The van der Waals surface area contributed by atoms with Crippen LogP contribution >= 0.6 is 15.9 Å². The largest absolute Gasteiger partial charge is 0.487 e. The van der Waals surface area contributed by atoms with Gasteiger partial charge in [-0.1, -0.05) is 28.1 Å². The van der Waals surface area contributed by atoms with E-state index in [9.17, 15) is 0 Å². The molecule has 100 valence electrons. The minimum atomic E-state index is 0.126. The monoisotopic (exact) mass is 320 g/mol. The highest BCUT2D eigenvalue weighted by Crippen LogP contribution is 2.15. The van der Waals surface area contributed by atoms with E-state index in [1.54, 1.807) is 6.20 Å². The lowest BCUT2D eigenvalue weighted by Gasteiger charge is -2.08. The third-order valence-electron chi connectivity index (χ3n) is 2.62. The molecule has 2 rings (SSSR count). The van der Waals surface area contributed by atoms with Crippen molar-refractivity contribution in [1.82, 2.24) is 4.98 Å².